The molecule has 2 aromatic rings. The van der Waals surface area contributed by atoms with Gasteiger partial charge in [-0.1, -0.05) is 6.07 Å². The van der Waals surface area contributed by atoms with E-state index in [0.717, 1.165) is 39.3 Å². The van der Waals surface area contributed by atoms with Gasteiger partial charge in [0.2, 0.25) is 0 Å². The monoisotopic (exact) mass is 269 g/mol. The molecule has 20 heavy (non-hydrogen) atoms. The van der Waals surface area contributed by atoms with Gasteiger partial charge in [-0.15, -0.1) is 0 Å². The molecule has 1 aromatic carbocycles. The smallest absolute Gasteiger partial charge is 0.0688 e. The van der Waals surface area contributed by atoms with Crippen LogP contribution in [0, 0.1) is 6.92 Å². The molecule has 0 amide bonds. The predicted molar refractivity (Wildman–Crippen MR) is 77.7 cm³/mol. The van der Waals surface area contributed by atoms with Gasteiger partial charge in [-0.3, -0.25) is 10.00 Å². The van der Waals surface area contributed by atoms with Crippen molar-refractivity contribution in [3.63, 3.8) is 0 Å². The first-order valence-electron chi connectivity index (χ1n) is 7.26. The molecule has 4 heteroatoms. The summed E-state index contributed by atoms with van der Waals surface area (Å²) >= 11 is 0. The summed E-state index contributed by atoms with van der Waals surface area (Å²) in [5.74, 6) is 0. The normalized spacial score (nSPS) is 18.1. The zero-order chi connectivity index (χ0) is 13.5. The molecule has 0 saturated carbocycles. The Morgan fingerprint density at radius 3 is 3.00 bits per heavy atom. The second-order valence-corrected chi connectivity index (χ2v) is 5.77. The largest absolute Gasteiger partial charge is 0.379 e. The number of H-pyrrole nitrogens is 1. The topological polar surface area (TPSA) is 41.1 Å². The maximum absolute atomic E-state index is 5.42. The minimum Gasteiger partial charge on any atom is -0.379 e. The Labute approximate surface area is 118 Å². The molecule has 1 aromatic heterocycles. The highest BCUT2D eigenvalue weighted by Gasteiger charge is 2.23. The molecule has 0 unspecified atom stereocenters. The van der Waals surface area contributed by atoms with Gasteiger partial charge >= 0.3 is 0 Å². The number of hydrogen-bond donors (Lipinski definition) is 1. The molecule has 2 aliphatic rings. The molecule has 104 valence electrons. The van der Waals surface area contributed by atoms with Crippen molar-refractivity contribution in [2.75, 3.05) is 26.3 Å². The number of hydrogen-bond acceptors (Lipinski definition) is 3. The molecule has 0 spiro atoms. The number of rotatable bonds is 2. The third kappa shape index (κ3) is 1.96. The SMILES string of the molecule is Cc1cc(CN2CCOCC2)cc2c1Cc1cn[nH]c1-2. The second kappa shape index (κ2) is 4.72. The van der Waals surface area contributed by atoms with Crippen LogP contribution in [-0.2, 0) is 17.7 Å². The van der Waals surface area contributed by atoms with E-state index in [9.17, 15) is 0 Å². The number of nitrogens with zero attached hydrogens (tertiary/aromatic N) is 2. The molecule has 0 atom stereocenters. The summed E-state index contributed by atoms with van der Waals surface area (Å²) in [6.45, 7) is 7.02. The van der Waals surface area contributed by atoms with Crippen LogP contribution in [0.1, 0.15) is 22.3 Å². The zero-order valence-corrected chi connectivity index (χ0v) is 11.8. The van der Waals surface area contributed by atoms with Gasteiger partial charge in [-0.25, -0.2) is 0 Å². The van der Waals surface area contributed by atoms with Crippen LogP contribution in [0.2, 0.25) is 0 Å². The fourth-order valence-corrected chi connectivity index (χ4v) is 3.33. The Morgan fingerprint density at radius 1 is 1.30 bits per heavy atom. The first kappa shape index (κ1) is 12.1. The van der Waals surface area contributed by atoms with Gasteiger partial charge in [0.05, 0.1) is 25.1 Å². The molecule has 2 heterocycles. The summed E-state index contributed by atoms with van der Waals surface area (Å²) in [6, 6.07) is 4.68. The molecular weight excluding hydrogens is 250 g/mol. The maximum Gasteiger partial charge on any atom is 0.0688 e. The van der Waals surface area contributed by atoms with Gasteiger partial charge in [0.1, 0.15) is 0 Å². The Balaban J connectivity index is 1.66. The summed E-state index contributed by atoms with van der Waals surface area (Å²) in [6.07, 6.45) is 2.97. The summed E-state index contributed by atoms with van der Waals surface area (Å²) < 4.78 is 5.42. The molecule has 0 radical (unpaired) electrons. The number of benzene rings is 1. The number of fused-ring (bicyclic) bond motifs is 3. The van der Waals surface area contributed by atoms with Gasteiger partial charge in [0, 0.05) is 37.2 Å². The van der Waals surface area contributed by atoms with Crippen LogP contribution >= 0.6 is 0 Å². The molecule has 1 N–H and O–H groups in total. The average molecular weight is 269 g/mol. The second-order valence-electron chi connectivity index (χ2n) is 5.77. The Hall–Kier alpha value is -1.65. The van der Waals surface area contributed by atoms with Crippen molar-refractivity contribution in [1.29, 1.82) is 0 Å². The van der Waals surface area contributed by atoms with Gasteiger partial charge in [0.25, 0.3) is 0 Å². The van der Waals surface area contributed by atoms with E-state index in [0.29, 0.717) is 0 Å². The van der Waals surface area contributed by atoms with Crippen molar-refractivity contribution in [2.24, 2.45) is 0 Å². The minimum atomic E-state index is 0.856. The van der Waals surface area contributed by atoms with Crippen LogP contribution in [0.25, 0.3) is 11.3 Å². The van der Waals surface area contributed by atoms with Crippen molar-refractivity contribution >= 4 is 0 Å². The van der Waals surface area contributed by atoms with Crippen molar-refractivity contribution in [3.05, 3.63) is 40.6 Å². The third-order valence-electron chi connectivity index (χ3n) is 4.40. The quantitative estimate of drug-likeness (QED) is 0.775. The van der Waals surface area contributed by atoms with E-state index >= 15 is 0 Å². The highest BCUT2D eigenvalue weighted by Crippen LogP contribution is 2.37. The Kier molecular flexibility index (Phi) is 2.86. The maximum atomic E-state index is 5.42. The van der Waals surface area contributed by atoms with E-state index in [-0.39, 0.29) is 0 Å². The lowest BCUT2D eigenvalue weighted by molar-refractivity contribution is 0.0342. The molecule has 0 bridgehead atoms. The summed E-state index contributed by atoms with van der Waals surface area (Å²) in [7, 11) is 0. The Morgan fingerprint density at radius 2 is 2.15 bits per heavy atom. The average Bonchev–Trinajstić information content (AvgIpc) is 3.02. The first-order valence-corrected chi connectivity index (χ1v) is 7.26. The van der Waals surface area contributed by atoms with Gasteiger partial charge in [-0.2, -0.15) is 5.10 Å². The lowest BCUT2D eigenvalue weighted by Gasteiger charge is -2.27. The summed E-state index contributed by atoms with van der Waals surface area (Å²) in [5.41, 5.74) is 8.14. The van der Waals surface area contributed by atoms with Crippen molar-refractivity contribution < 1.29 is 4.74 Å². The molecule has 4 rings (SSSR count). The van der Waals surface area contributed by atoms with E-state index in [1.165, 1.54) is 33.5 Å². The van der Waals surface area contributed by atoms with Crippen LogP contribution in [0.4, 0.5) is 0 Å². The van der Waals surface area contributed by atoms with E-state index in [1.807, 2.05) is 6.20 Å². The van der Waals surface area contributed by atoms with Gasteiger partial charge < -0.3 is 4.74 Å². The van der Waals surface area contributed by atoms with Crippen molar-refractivity contribution in [1.82, 2.24) is 15.1 Å². The van der Waals surface area contributed by atoms with Gasteiger partial charge in [-0.05, 0) is 29.7 Å². The van der Waals surface area contributed by atoms with E-state index in [4.69, 9.17) is 4.74 Å². The van der Waals surface area contributed by atoms with Crippen LogP contribution in [-0.4, -0.2) is 41.4 Å². The number of morpholine rings is 1. The van der Waals surface area contributed by atoms with Crippen LogP contribution in [0.15, 0.2) is 18.3 Å². The molecule has 4 nitrogen and oxygen atoms in total. The highest BCUT2D eigenvalue weighted by molar-refractivity contribution is 5.75. The van der Waals surface area contributed by atoms with E-state index in [2.05, 4.69) is 34.2 Å². The van der Waals surface area contributed by atoms with Gasteiger partial charge in [0.15, 0.2) is 0 Å². The van der Waals surface area contributed by atoms with E-state index < -0.39 is 0 Å². The molecule has 1 aliphatic heterocycles. The lowest BCUT2D eigenvalue weighted by Crippen LogP contribution is -2.35. The number of aryl methyl sites for hydroxylation is 1. The van der Waals surface area contributed by atoms with E-state index in [1.54, 1.807) is 0 Å². The third-order valence-corrected chi connectivity index (χ3v) is 4.40. The summed E-state index contributed by atoms with van der Waals surface area (Å²) in [5, 5.41) is 7.31. The van der Waals surface area contributed by atoms with Crippen molar-refractivity contribution in [3.8, 4) is 11.3 Å². The first-order chi connectivity index (χ1) is 9.81. The molecule has 1 fully saturated rings. The lowest BCUT2D eigenvalue weighted by atomic mass is 9.99. The minimum absolute atomic E-state index is 0.856. The van der Waals surface area contributed by atoms with Crippen LogP contribution in [0.3, 0.4) is 0 Å². The molecule has 1 aliphatic carbocycles. The highest BCUT2D eigenvalue weighted by atomic mass is 16.5. The number of nitrogens with one attached hydrogen (secondary N) is 1. The fourth-order valence-electron chi connectivity index (χ4n) is 3.33. The summed E-state index contributed by atoms with van der Waals surface area (Å²) in [4.78, 5) is 2.47. The number of ether oxygens (including phenoxy) is 1. The van der Waals surface area contributed by atoms with Crippen LogP contribution in [0.5, 0.6) is 0 Å². The zero-order valence-electron chi connectivity index (χ0n) is 11.8. The Bertz CT molecular complexity index is 641. The number of aromatic nitrogens is 2. The predicted octanol–water partition coefficient (Wildman–Crippen LogP) is 2.12. The van der Waals surface area contributed by atoms with Crippen molar-refractivity contribution in [2.45, 2.75) is 19.9 Å². The molecule has 1 saturated heterocycles. The fraction of sp³-hybridized carbons (Fsp3) is 0.438. The number of aromatic amines is 1. The van der Waals surface area contributed by atoms with Crippen LogP contribution < -0.4 is 0 Å². The molecular formula is C16H19N3O. The standard InChI is InChI=1S/C16H19N3O/c1-11-6-12(10-19-2-4-20-5-3-19)7-15-14(11)8-13-9-17-18-16(13)15/h6-7,9H,2-5,8,10H2,1H3,(H,17,18).